The highest BCUT2D eigenvalue weighted by atomic mass is 32.1. The van der Waals surface area contributed by atoms with Crippen molar-refractivity contribution in [2.24, 2.45) is 0 Å². The van der Waals surface area contributed by atoms with Gasteiger partial charge in [-0.25, -0.2) is 0 Å². The molecule has 0 N–H and O–H groups in total. The Balaban J connectivity index is 1.64. The van der Waals surface area contributed by atoms with E-state index in [1.165, 1.54) is 0 Å². The summed E-state index contributed by atoms with van der Waals surface area (Å²) in [5.41, 5.74) is 1.12. The van der Waals surface area contributed by atoms with Crippen molar-refractivity contribution >= 4 is 17.2 Å². The Bertz CT molecular complexity index is 460. The van der Waals surface area contributed by atoms with Crippen molar-refractivity contribution in [3.8, 4) is 0 Å². The third-order valence-corrected chi connectivity index (χ3v) is 5.03. The zero-order valence-electron chi connectivity index (χ0n) is 12.1. The lowest BCUT2D eigenvalue weighted by atomic mass is 10.1. The average Bonchev–Trinajstić information content (AvgIpc) is 3.05. The van der Waals surface area contributed by atoms with E-state index < -0.39 is 0 Å². The normalized spacial score (nSPS) is 27.1. The third-order valence-electron chi connectivity index (χ3n) is 4.30. The number of morpholine rings is 1. The molecule has 1 amide bonds. The molecule has 0 radical (unpaired) electrons. The van der Waals surface area contributed by atoms with E-state index in [2.05, 4.69) is 24.1 Å². The first-order valence-electron chi connectivity index (χ1n) is 7.31. The summed E-state index contributed by atoms with van der Waals surface area (Å²) in [6, 6.07) is 2.91. The third kappa shape index (κ3) is 2.75. The molecule has 2 aliphatic rings. The fourth-order valence-corrected chi connectivity index (χ4v) is 3.91. The van der Waals surface area contributed by atoms with Crippen LogP contribution in [0.25, 0.3) is 0 Å². The SMILES string of the molecule is CC(C)N1CCO[C@H]2CN(C(=O)Cc3ccsc3)C[C@H]21. The molecule has 4 nitrogen and oxygen atoms in total. The molecule has 0 unspecified atom stereocenters. The number of hydrogen-bond acceptors (Lipinski definition) is 4. The molecule has 2 aliphatic heterocycles. The summed E-state index contributed by atoms with van der Waals surface area (Å²) < 4.78 is 5.86. The number of hydrogen-bond donors (Lipinski definition) is 0. The van der Waals surface area contributed by atoms with Gasteiger partial charge in [-0.05, 0) is 36.2 Å². The van der Waals surface area contributed by atoms with E-state index in [9.17, 15) is 4.79 Å². The van der Waals surface area contributed by atoms with Crippen molar-refractivity contribution in [1.82, 2.24) is 9.80 Å². The minimum atomic E-state index is 0.192. The molecule has 3 heterocycles. The van der Waals surface area contributed by atoms with Crippen LogP contribution in [0, 0.1) is 0 Å². The molecule has 2 saturated heterocycles. The van der Waals surface area contributed by atoms with Crippen molar-refractivity contribution in [3.05, 3.63) is 22.4 Å². The highest BCUT2D eigenvalue weighted by Gasteiger charge is 2.42. The van der Waals surface area contributed by atoms with Gasteiger partial charge in [0, 0.05) is 25.7 Å². The first-order chi connectivity index (χ1) is 9.65. The molecular weight excluding hydrogens is 272 g/mol. The molecule has 0 aromatic carbocycles. The number of rotatable bonds is 3. The summed E-state index contributed by atoms with van der Waals surface area (Å²) >= 11 is 1.64. The van der Waals surface area contributed by atoms with E-state index in [0.717, 1.165) is 31.8 Å². The van der Waals surface area contributed by atoms with Crippen molar-refractivity contribution < 1.29 is 9.53 Å². The lowest BCUT2D eigenvalue weighted by Gasteiger charge is -2.39. The van der Waals surface area contributed by atoms with Gasteiger partial charge in [0.15, 0.2) is 0 Å². The second-order valence-corrected chi connectivity index (χ2v) is 6.70. The number of nitrogens with zero attached hydrogens (tertiary/aromatic N) is 2. The van der Waals surface area contributed by atoms with Crippen LogP contribution in [0.3, 0.4) is 0 Å². The van der Waals surface area contributed by atoms with Crippen LogP contribution < -0.4 is 0 Å². The first-order valence-corrected chi connectivity index (χ1v) is 8.25. The number of carbonyl (C=O) groups is 1. The van der Waals surface area contributed by atoms with Crippen LogP contribution in [0.5, 0.6) is 0 Å². The topological polar surface area (TPSA) is 32.8 Å². The summed E-state index contributed by atoms with van der Waals surface area (Å²) in [5.74, 6) is 0.227. The van der Waals surface area contributed by atoms with Gasteiger partial charge in [0.25, 0.3) is 0 Å². The van der Waals surface area contributed by atoms with Crippen molar-refractivity contribution in [3.63, 3.8) is 0 Å². The Morgan fingerprint density at radius 3 is 3.05 bits per heavy atom. The van der Waals surface area contributed by atoms with Gasteiger partial charge in [0.1, 0.15) is 0 Å². The number of amides is 1. The maximum atomic E-state index is 12.4. The highest BCUT2D eigenvalue weighted by molar-refractivity contribution is 7.07. The molecular formula is C15H22N2O2S. The smallest absolute Gasteiger partial charge is 0.227 e. The fraction of sp³-hybridized carbons (Fsp3) is 0.667. The van der Waals surface area contributed by atoms with E-state index >= 15 is 0 Å². The van der Waals surface area contributed by atoms with Crippen molar-refractivity contribution in [1.29, 1.82) is 0 Å². The van der Waals surface area contributed by atoms with Gasteiger partial charge in [0.2, 0.25) is 5.91 Å². The number of fused-ring (bicyclic) bond motifs is 1. The first kappa shape index (κ1) is 14.0. The van der Waals surface area contributed by atoms with Crippen LogP contribution in [-0.4, -0.2) is 60.1 Å². The van der Waals surface area contributed by atoms with Crippen molar-refractivity contribution in [2.45, 2.75) is 38.5 Å². The Morgan fingerprint density at radius 2 is 2.35 bits per heavy atom. The molecule has 0 spiro atoms. The molecule has 20 heavy (non-hydrogen) atoms. The van der Waals surface area contributed by atoms with Gasteiger partial charge in [-0.3, -0.25) is 9.69 Å². The minimum absolute atomic E-state index is 0.192. The van der Waals surface area contributed by atoms with E-state index in [1.54, 1.807) is 11.3 Å². The van der Waals surface area contributed by atoms with Crippen LogP contribution >= 0.6 is 11.3 Å². The molecule has 2 fully saturated rings. The number of carbonyl (C=O) groups excluding carboxylic acids is 1. The van der Waals surface area contributed by atoms with Crippen LogP contribution in [0.4, 0.5) is 0 Å². The van der Waals surface area contributed by atoms with Gasteiger partial charge >= 0.3 is 0 Å². The van der Waals surface area contributed by atoms with E-state index in [0.29, 0.717) is 18.5 Å². The Labute approximate surface area is 124 Å². The van der Waals surface area contributed by atoms with Crippen LogP contribution in [-0.2, 0) is 16.0 Å². The standard InChI is InChI=1S/C15H22N2O2S/c1-11(2)17-4-5-19-14-9-16(8-13(14)17)15(18)7-12-3-6-20-10-12/h3,6,10-11,13-14H,4-5,7-9H2,1-2H3/t13-,14+/m1/s1. The Hall–Kier alpha value is -0.910. The predicted octanol–water partition coefficient (Wildman–Crippen LogP) is 1.61. The number of thiophene rings is 1. The van der Waals surface area contributed by atoms with E-state index in [4.69, 9.17) is 4.74 Å². The zero-order valence-corrected chi connectivity index (χ0v) is 12.9. The second-order valence-electron chi connectivity index (χ2n) is 5.92. The monoisotopic (exact) mass is 294 g/mol. The van der Waals surface area contributed by atoms with Gasteiger partial charge in [-0.15, -0.1) is 0 Å². The summed E-state index contributed by atoms with van der Waals surface area (Å²) in [5, 5.41) is 4.08. The fourth-order valence-electron chi connectivity index (χ4n) is 3.24. The van der Waals surface area contributed by atoms with Gasteiger partial charge in [-0.1, -0.05) is 0 Å². The maximum Gasteiger partial charge on any atom is 0.227 e. The lowest BCUT2D eigenvalue weighted by molar-refractivity contribution is -0.129. The Morgan fingerprint density at radius 1 is 1.50 bits per heavy atom. The van der Waals surface area contributed by atoms with Gasteiger partial charge < -0.3 is 9.64 Å². The van der Waals surface area contributed by atoms with Crippen LogP contribution in [0.15, 0.2) is 16.8 Å². The minimum Gasteiger partial charge on any atom is -0.373 e. The molecule has 5 heteroatoms. The molecule has 0 saturated carbocycles. The molecule has 1 aromatic heterocycles. The van der Waals surface area contributed by atoms with E-state index in [-0.39, 0.29) is 12.0 Å². The van der Waals surface area contributed by atoms with Gasteiger partial charge in [-0.2, -0.15) is 11.3 Å². The number of ether oxygens (including phenoxy) is 1. The second kappa shape index (κ2) is 5.84. The molecule has 3 rings (SSSR count). The molecule has 1 aromatic rings. The summed E-state index contributed by atoms with van der Waals surface area (Å²) in [4.78, 5) is 16.8. The summed E-state index contributed by atoms with van der Waals surface area (Å²) in [6.07, 6.45) is 0.711. The molecule has 110 valence electrons. The van der Waals surface area contributed by atoms with Crippen LogP contribution in [0.1, 0.15) is 19.4 Å². The predicted molar refractivity (Wildman–Crippen MR) is 80.0 cm³/mol. The Kier molecular flexibility index (Phi) is 4.10. The summed E-state index contributed by atoms with van der Waals surface area (Å²) in [6.45, 7) is 7.76. The van der Waals surface area contributed by atoms with Gasteiger partial charge in [0.05, 0.1) is 25.2 Å². The molecule has 0 bridgehead atoms. The molecule has 0 aliphatic carbocycles. The average molecular weight is 294 g/mol. The largest absolute Gasteiger partial charge is 0.373 e. The number of likely N-dealkylation sites (tertiary alicyclic amines) is 1. The zero-order chi connectivity index (χ0) is 14.1. The van der Waals surface area contributed by atoms with E-state index in [1.807, 2.05) is 16.3 Å². The summed E-state index contributed by atoms with van der Waals surface area (Å²) in [7, 11) is 0. The quantitative estimate of drug-likeness (QED) is 0.849. The van der Waals surface area contributed by atoms with Crippen molar-refractivity contribution in [2.75, 3.05) is 26.2 Å². The lowest BCUT2D eigenvalue weighted by Crippen LogP contribution is -2.53. The highest BCUT2D eigenvalue weighted by Crippen LogP contribution is 2.25. The molecule has 2 atom stereocenters. The maximum absolute atomic E-state index is 12.4. The van der Waals surface area contributed by atoms with Crippen LogP contribution in [0.2, 0.25) is 0 Å².